The quantitative estimate of drug-likeness (QED) is 0.853. The fraction of sp³-hybridized carbons (Fsp3) is 0.533. The molecule has 3 rings (SSSR count). The van der Waals surface area contributed by atoms with Crippen LogP contribution in [0, 0.1) is 0 Å². The molecule has 0 saturated carbocycles. The number of nitrogens with two attached hydrogens (primary N) is 1. The van der Waals surface area contributed by atoms with Gasteiger partial charge < -0.3 is 15.4 Å². The van der Waals surface area contributed by atoms with E-state index in [1.54, 1.807) is 6.92 Å². The van der Waals surface area contributed by atoms with Crippen LogP contribution in [0.2, 0.25) is 0 Å². The van der Waals surface area contributed by atoms with E-state index in [1.165, 1.54) is 25.0 Å². The lowest BCUT2D eigenvalue weighted by atomic mass is 10.2. The van der Waals surface area contributed by atoms with Crippen molar-refractivity contribution in [1.82, 2.24) is 9.55 Å². The molecule has 5 heteroatoms. The van der Waals surface area contributed by atoms with Crippen LogP contribution in [0.3, 0.4) is 0 Å². The van der Waals surface area contributed by atoms with Gasteiger partial charge in [0.05, 0.1) is 11.0 Å². The van der Waals surface area contributed by atoms with Gasteiger partial charge in [0, 0.05) is 17.5 Å². The molecule has 2 aromatic rings. The Labute approximate surface area is 123 Å². The van der Waals surface area contributed by atoms with Gasteiger partial charge in [-0.15, -0.1) is 0 Å². The summed E-state index contributed by atoms with van der Waals surface area (Å²) in [4.78, 5) is 4.56. The van der Waals surface area contributed by atoms with Gasteiger partial charge >= 0.3 is 0 Å². The molecule has 4 nitrogen and oxygen atoms in total. The average Bonchev–Trinajstić information content (AvgIpc) is 2.78. The van der Waals surface area contributed by atoms with Gasteiger partial charge in [-0.1, -0.05) is 6.42 Å². The second-order valence-electron chi connectivity index (χ2n) is 5.49. The molecular weight excluding hydrogens is 270 g/mol. The molecule has 108 valence electrons. The van der Waals surface area contributed by atoms with E-state index in [2.05, 4.69) is 9.55 Å². The van der Waals surface area contributed by atoms with Crippen LogP contribution < -0.4 is 5.73 Å². The first-order chi connectivity index (χ1) is 9.65. The van der Waals surface area contributed by atoms with Crippen molar-refractivity contribution in [3.8, 4) is 0 Å². The number of aromatic nitrogens is 2. The Bertz CT molecular complexity index is 602. The molecule has 3 N–H and O–H groups in total. The zero-order valence-electron chi connectivity index (χ0n) is 11.7. The number of aliphatic hydroxyl groups is 1. The second-order valence-corrected chi connectivity index (χ2v) is 6.90. The van der Waals surface area contributed by atoms with Gasteiger partial charge in [-0.05, 0) is 43.7 Å². The summed E-state index contributed by atoms with van der Waals surface area (Å²) in [5.74, 6) is 1.99. The summed E-state index contributed by atoms with van der Waals surface area (Å²) in [7, 11) is 0. The highest BCUT2D eigenvalue weighted by Crippen LogP contribution is 2.30. The number of aliphatic hydroxyl groups excluding tert-OH is 1. The summed E-state index contributed by atoms with van der Waals surface area (Å²) >= 11 is 2.04. The number of nitrogens with zero attached hydrogens (tertiary/aromatic N) is 2. The van der Waals surface area contributed by atoms with Crippen LogP contribution in [0.15, 0.2) is 18.2 Å². The van der Waals surface area contributed by atoms with Crippen LogP contribution in [-0.4, -0.2) is 25.7 Å². The van der Waals surface area contributed by atoms with Crippen LogP contribution >= 0.6 is 11.8 Å². The van der Waals surface area contributed by atoms with E-state index in [9.17, 15) is 5.11 Å². The Morgan fingerprint density at radius 2 is 2.35 bits per heavy atom. The normalized spacial score (nSPS) is 21.2. The van der Waals surface area contributed by atoms with Crippen molar-refractivity contribution in [3.63, 3.8) is 0 Å². The van der Waals surface area contributed by atoms with Crippen molar-refractivity contribution >= 4 is 28.5 Å². The van der Waals surface area contributed by atoms with E-state index in [1.807, 2.05) is 30.0 Å². The van der Waals surface area contributed by atoms with E-state index in [-0.39, 0.29) is 0 Å². The molecule has 1 aromatic heterocycles. The topological polar surface area (TPSA) is 64.1 Å². The molecule has 0 aliphatic carbocycles. The summed E-state index contributed by atoms with van der Waals surface area (Å²) in [5, 5.41) is 10.6. The number of fused-ring (bicyclic) bond motifs is 1. The maximum Gasteiger partial charge on any atom is 0.138 e. The lowest BCUT2D eigenvalue weighted by Gasteiger charge is -2.23. The molecule has 0 bridgehead atoms. The molecule has 1 saturated heterocycles. The van der Waals surface area contributed by atoms with Crippen molar-refractivity contribution in [1.29, 1.82) is 0 Å². The minimum atomic E-state index is -0.558. The molecule has 0 spiro atoms. The highest BCUT2D eigenvalue weighted by Gasteiger charge is 2.20. The first-order valence-corrected chi connectivity index (χ1v) is 8.25. The number of imidazole rings is 1. The summed E-state index contributed by atoms with van der Waals surface area (Å²) in [6.45, 7) is 2.69. The van der Waals surface area contributed by atoms with Gasteiger partial charge in [-0.2, -0.15) is 11.8 Å². The smallest absolute Gasteiger partial charge is 0.138 e. The summed E-state index contributed by atoms with van der Waals surface area (Å²) in [6, 6.07) is 5.79. The number of thioether (sulfide) groups is 1. The Kier molecular flexibility index (Phi) is 3.89. The van der Waals surface area contributed by atoms with Crippen LogP contribution in [0.4, 0.5) is 5.69 Å². The van der Waals surface area contributed by atoms with Gasteiger partial charge in [-0.25, -0.2) is 4.98 Å². The summed E-state index contributed by atoms with van der Waals surface area (Å²) < 4.78 is 2.17. The Balaban J connectivity index is 1.99. The molecule has 0 radical (unpaired) electrons. The molecule has 20 heavy (non-hydrogen) atoms. The van der Waals surface area contributed by atoms with Crippen molar-refractivity contribution in [2.75, 3.05) is 11.5 Å². The zero-order valence-corrected chi connectivity index (χ0v) is 12.6. The van der Waals surface area contributed by atoms with Crippen LogP contribution in [-0.2, 0) is 6.54 Å². The predicted octanol–water partition coefficient (Wildman–Crippen LogP) is 2.96. The van der Waals surface area contributed by atoms with Crippen molar-refractivity contribution in [2.45, 2.75) is 44.1 Å². The van der Waals surface area contributed by atoms with Gasteiger partial charge in [0.1, 0.15) is 11.9 Å². The minimum Gasteiger partial charge on any atom is -0.399 e. The van der Waals surface area contributed by atoms with E-state index in [0.29, 0.717) is 10.9 Å². The first kappa shape index (κ1) is 13.8. The molecule has 1 aliphatic rings. The van der Waals surface area contributed by atoms with Crippen molar-refractivity contribution in [3.05, 3.63) is 24.0 Å². The fourth-order valence-corrected chi connectivity index (χ4v) is 4.12. The van der Waals surface area contributed by atoms with Gasteiger partial charge in [0.2, 0.25) is 0 Å². The maximum atomic E-state index is 9.98. The maximum absolute atomic E-state index is 9.98. The number of nitrogen functional groups attached to an aromatic ring is 1. The number of benzene rings is 1. The largest absolute Gasteiger partial charge is 0.399 e. The fourth-order valence-electron chi connectivity index (χ4n) is 2.83. The molecule has 2 atom stereocenters. The van der Waals surface area contributed by atoms with Crippen LogP contribution in [0.1, 0.15) is 38.1 Å². The molecule has 1 aromatic carbocycles. The highest BCUT2D eigenvalue weighted by molar-refractivity contribution is 7.99. The van der Waals surface area contributed by atoms with E-state index < -0.39 is 6.10 Å². The monoisotopic (exact) mass is 291 g/mol. The van der Waals surface area contributed by atoms with Crippen LogP contribution in [0.25, 0.3) is 11.0 Å². The lowest BCUT2D eigenvalue weighted by molar-refractivity contribution is 0.184. The molecule has 2 unspecified atom stereocenters. The summed E-state index contributed by atoms with van der Waals surface area (Å²) in [6.07, 6.45) is 3.32. The highest BCUT2D eigenvalue weighted by atomic mass is 32.2. The summed E-state index contributed by atoms with van der Waals surface area (Å²) in [5.41, 5.74) is 8.49. The number of hydrogen-bond donors (Lipinski definition) is 2. The molecule has 1 fully saturated rings. The average molecular weight is 291 g/mol. The Hall–Kier alpha value is -1.20. The predicted molar refractivity (Wildman–Crippen MR) is 84.9 cm³/mol. The zero-order chi connectivity index (χ0) is 14.1. The number of rotatable bonds is 3. The van der Waals surface area contributed by atoms with E-state index in [0.717, 1.165) is 23.4 Å². The minimum absolute atomic E-state index is 0.558. The lowest BCUT2D eigenvalue weighted by Crippen LogP contribution is -2.19. The Morgan fingerprint density at radius 3 is 3.05 bits per heavy atom. The third-order valence-corrected chi connectivity index (χ3v) is 5.22. The number of hydrogen-bond acceptors (Lipinski definition) is 4. The number of anilines is 1. The molecular formula is C15H21N3OS. The molecule has 2 heterocycles. The van der Waals surface area contributed by atoms with E-state index in [4.69, 9.17) is 5.73 Å². The van der Waals surface area contributed by atoms with Crippen LogP contribution in [0.5, 0.6) is 0 Å². The van der Waals surface area contributed by atoms with Gasteiger partial charge in [0.25, 0.3) is 0 Å². The SMILES string of the molecule is CC(O)c1nc2cc(N)ccc2n1CC1CCCCS1. The Morgan fingerprint density at radius 1 is 1.50 bits per heavy atom. The third kappa shape index (κ3) is 2.65. The molecule has 0 amide bonds. The molecule has 1 aliphatic heterocycles. The van der Waals surface area contributed by atoms with Crippen molar-refractivity contribution < 1.29 is 5.11 Å². The van der Waals surface area contributed by atoms with E-state index >= 15 is 0 Å². The first-order valence-electron chi connectivity index (χ1n) is 7.20. The second kappa shape index (κ2) is 5.66. The van der Waals surface area contributed by atoms with Gasteiger partial charge in [0.15, 0.2) is 0 Å². The third-order valence-electron chi connectivity index (χ3n) is 3.84. The van der Waals surface area contributed by atoms with Crippen molar-refractivity contribution in [2.24, 2.45) is 0 Å². The van der Waals surface area contributed by atoms with Gasteiger partial charge in [-0.3, -0.25) is 0 Å². The standard InChI is InChI=1S/C15H21N3OS/c1-10(19)15-17-13-8-11(16)5-6-14(13)18(15)9-12-4-2-3-7-20-12/h5-6,8,10,12,19H,2-4,7,9,16H2,1H3.